The van der Waals surface area contributed by atoms with Crippen LogP contribution in [0.3, 0.4) is 0 Å². The van der Waals surface area contributed by atoms with Gasteiger partial charge in [-0.3, -0.25) is 19.2 Å². The molecule has 0 aliphatic carbocycles. The number of unbranched alkanes of at least 4 members (excludes halogenated alkanes) is 1. The molecule has 3 amide bonds. The average Bonchev–Trinajstić information content (AvgIpc) is 3.55. The van der Waals surface area contributed by atoms with Gasteiger partial charge in [-0.15, -0.1) is 0 Å². The molecule has 1 spiro atoms. The van der Waals surface area contributed by atoms with Gasteiger partial charge < -0.3 is 29.7 Å². The largest absolute Gasteiger partial charge is 0.463 e. The third kappa shape index (κ3) is 5.47. The smallest absolute Gasteiger partial charge is 0.306 e. The number of hydrogen-bond donors (Lipinski definition) is 2. The van der Waals surface area contributed by atoms with Gasteiger partial charge in [0.05, 0.1) is 24.5 Å². The summed E-state index contributed by atoms with van der Waals surface area (Å²) in [6.45, 7) is 2.34. The summed E-state index contributed by atoms with van der Waals surface area (Å²) >= 11 is 3.55. The lowest BCUT2D eigenvalue weighted by molar-refractivity contribution is -0.148. The lowest BCUT2D eigenvalue weighted by atomic mass is 9.74. The van der Waals surface area contributed by atoms with Crippen molar-refractivity contribution >= 4 is 39.6 Å². The summed E-state index contributed by atoms with van der Waals surface area (Å²) in [7, 11) is 0. The van der Waals surface area contributed by atoms with Crippen LogP contribution in [0.5, 0.6) is 0 Å². The Morgan fingerprint density at radius 1 is 1.10 bits per heavy atom. The van der Waals surface area contributed by atoms with Crippen LogP contribution < -0.4 is 5.32 Å². The maximum atomic E-state index is 14.3. The summed E-state index contributed by atoms with van der Waals surface area (Å²) < 4.78 is 12.6. The van der Waals surface area contributed by atoms with Crippen LogP contribution in [0.2, 0.25) is 0 Å². The van der Waals surface area contributed by atoms with E-state index in [0.717, 1.165) is 18.4 Å². The fourth-order valence-corrected chi connectivity index (χ4v) is 7.14. The van der Waals surface area contributed by atoms with Gasteiger partial charge >= 0.3 is 5.97 Å². The van der Waals surface area contributed by atoms with Crippen molar-refractivity contribution in [3.63, 3.8) is 0 Å². The molecule has 0 unspecified atom stereocenters. The zero-order valence-corrected chi connectivity index (χ0v) is 24.6. The Balaban J connectivity index is 1.56. The topological polar surface area (TPSA) is 125 Å². The first kappa shape index (κ1) is 29.5. The maximum absolute atomic E-state index is 14.3. The average molecular weight is 631 g/mol. The number of amides is 3. The number of aliphatic hydroxyl groups is 1. The minimum atomic E-state index is -1.36. The molecule has 1 aromatic carbocycles. The number of fused-ring (bicyclic) bond motifs is 2. The SMILES string of the molecule is CCCCN1C/C=C\CCC(=O)OC[C@H](c2ccccc2)NC(=O)[C@H]2[C@@H]3O[C@@]4(C=C3Br)[C@@H]2C(=O)N(CCO)[C@@H]4C1=O. The number of halogens is 1. The summed E-state index contributed by atoms with van der Waals surface area (Å²) in [6, 6.07) is 7.51. The Morgan fingerprint density at radius 2 is 1.88 bits per heavy atom. The van der Waals surface area contributed by atoms with Crippen molar-refractivity contribution in [3.8, 4) is 0 Å². The number of carbonyl (C=O) groups is 4. The molecule has 5 rings (SSSR count). The molecule has 11 heteroatoms. The molecule has 0 aromatic heterocycles. The zero-order valence-electron chi connectivity index (χ0n) is 23.0. The third-order valence-electron chi connectivity index (χ3n) is 8.33. The Morgan fingerprint density at radius 3 is 2.61 bits per heavy atom. The van der Waals surface area contributed by atoms with E-state index in [2.05, 4.69) is 21.2 Å². The van der Waals surface area contributed by atoms with Gasteiger partial charge in [0.25, 0.3) is 0 Å². The van der Waals surface area contributed by atoms with Crippen LogP contribution in [0.4, 0.5) is 0 Å². The van der Waals surface area contributed by atoms with Gasteiger partial charge in [0.15, 0.2) is 0 Å². The Hall–Kier alpha value is -3.02. The van der Waals surface area contributed by atoms with Crippen molar-refractivity contribution in [2.24, 2.45) is 11.8 Å². The van der Waals surface area contributed by atoms with Crippen LogP contribution in [0.25, 0.3) is 0 Å². The zero-order chi connectivity index (χ0) is 29.1. The van der Waals surface area contributed by atoms with Crippen LogP contribution in [0.1, 0.15) is 44.2 Å². The number of hydrogen-bond acceptors (Lipinski definition) is 7. The maximum Gasteiger partial charge on any atom is 0.306 e. The lowest BCUT2D eigenvalue weighted by Crippen LogP contribution is -2.56. The number of β-amino-alcohol motifs (C(OH)–C–C–N with tert-alkyl or cyclic N) is 1. The quantitative estimate of drug-likeness (QED) is 0.365. The highest BCUT2D eigenvalue weighted by Gasteiger charge is 2.74. The van der Waals surface area contributed by atoms with Crippen LogP contribution in [-0.4, -0.2) is 89.2 Å². The minimum absolute atomic E-state index is 0.0542. The fraction of sp³-hybridized carbons (Fsp3) is 0.533. The predicted molar refractivity (Wildman–Crippen MR) is 152 cm³/mol. The number of nitrogens with one attached hydrogen (secondary N) is 1. The highest BCUT2D eigenvalue weighted by atomic mass is 79.9. The molecule has 4 aliphatic heterocycles. The number of carbonyl (C=O) groups excluding carboxylic acids is 4. The van der Waals surface area contributed by atoms with Crippen LogP contribution in [0, 0.1) is 11.8 Å². The van der Waals surface area contributed by atoms with Gasteiger partial charge in [-0.25, -0.2) is 0 Å². The molecule has 2 saturated heterocycles. The fourth-order valence-electron chi connectivity index (χ4n) is 6.40. The van der Waals surface area contributed by atoms with Gasteiger partial charge in [-0.1, -0.05) is 71.8 Å². The van der Waals surface area contributed by atoms with E-state index < -0.39 is 53.4 Å². The first-order valence-corrected chi connectivity index (χ1v) is 15.0. The number of likely N-dealkylation sites (tertiary alicyclic amines) is 1. The van der Waals surface area contributed by atoms with E-state index in [1.54, 1.807) is 11.0 Å². The summed E-state index contributed by atoms with van der Waals surface area (Å²) in [4.78, 5) is 57.8. The number of esters is 1. The van der Waals surface area contributed by atoms with Crippen molar-refractivity contribution in [2.75, 3.05) is 32.8 Å². The molecule has 5 bridgehead atoms. The van der Waals surface area contributed by atoms with Crippen molar-refractivity contribution in [2.45, 2.75) is 56.4 Å². The molecular weight excluding hydrogens is 594 g/mol. The van der Waals surface area contributed by atoms with Crippen LogP contribution in [-0.2, 0) is 28.7 Å². The number of nitrogens with zero attached hydrogens (tertiary/aromatic N) is 2. The van der Waals surface area contributed by atoms with Crippen molar-refractivity contribution < 1.29 is 33.8 Å². The predicted octanol–water partition coefficient (Wildman–Crippen LogP) is 2.23. The van der Waals surface area contributed by atoms with E-state index in [-0.39, 0.29) is 32.1 Å². The van der Waals surface area contributed by atoms with Crippen molar-refractivity contribution in [1.29, 1.82) is 0 Å². The van der Waals surface area contributed by atoms with E-state index in [4.69, 9.17) is 9.47 Å². The Bertz CT molecular complexity index is 1240. The highest BCUT2D eigenvalue weighted by molar-refractivity contribution is 9.11. The first-order valence-electron chi connectivity index (χ1n) is 14.2. The molecule has 10 nitrogen and oxygen atoms in total. The standard InChI is InChI=1S/C30H36BrN3O7/c1-2-3-13-33-14-9-5-8-12-22(36)40-18-21(19-10-6-4-7-11-19)32-27(37)23-24-28(38)34(15-16-35)26(29(33)39)30(24)17-20(31)25(23)41-30/h4-7,9-11,17,21,23-26,35H,2-3,8,12-16,18H2,1H3,(H,32,37)/b9-5-/t21-,23-,24+,25-,26-,30+/m1/s1. The first-order chi connectivity index (χ1) is 19.8. The second-order valence-electron chi connectivity index (χ2n) is 10.9. The summed E-state index contributed by atoms with van der Waals surface area (Å²) in [6.07, 6.45) is 6.93. The molecule has 41 heavy (non-hydrogen) atoms. The van der Waals surface area contributed by atoms with Gasteiger partial charge in [-0.05, 0) is 24.5 Å². The number of cyclic esters (lactones) is 1. The third-order valence-corrected chi connectivity index (χ3v) is 9.01. The highest BCUT2D eigenvalue weighted by Crippen LogP contribution is 2.58. The van der Waals surface area contributed by atoms with Gasteiger partial charge in [0.2, 0.25) is 17.7 Å². The minimum Gasteiger partial charge on any atom is -0.463 e. The lowest BCUT2D eigenvalue weighted by Gasteiger charge is -2.35. The number of aliphatic hydroxyl groups excluding tert-OH is 1. The van der Waals surface area contributed by atoms with Crippen molar-refractivity contribution in [1.82, 2.24) is 15.1 Å². The Kier molecular flexibility index (Phi) is 8.96. The molecule has 2 N–H and O–H groups in total. The van der Waals surface area contributed by atoms with Crippen LogP contribution in [0.15, 0.2) is 53.0 Å². The summed E-state index contributed by atoms with van der Waals surface area (Å²) in [5, 5.41) is 12.9. The second kappa shape index (κ2) is 12.5. The normalized spacial score (nSPS) is 33.0. The number of rotatable bonds is 6. The van der Waals surface area contributed by atoms with E-state index in [0.29, 0.717) is 24.0 Å². The van der Waals surface area contributed by atoms with Crippen molar-refractivity contribution in [3.05, 3.63) is 58.6 Å². The number of benzene rings is 1. The second-order valence-corrected chi connectivity index (χ2v) is 11.8. The molecule has 220 valence electrons. The summed E-state index contributed by atoms with van der Waals surface area (Å²) in [5.41, 5.74) is -0.606. The molecular formula is C30H36BrN3O7. The molecule has 6 atom stereocenters. The van der Waals surface area contributed by atoms with E-state index in [9.17, 15) is 24.3 Å². The molecule has 2 fully saturated rings. The van der Waals surface area contributed by atoms with E-state index >= 15 is 0 Å². The number of ether oxygens (including phenoxy) is 2. The molecule has 1 aromatic rings. The summed E-state index contributed by atoms with van der Waals surface area (Å²) in [5.74, 6) is -3.40. The van der Waals surface area contributed by atoms with E-state index in [1.807, 2.05) is 49.4 Å². The Labute approximate surface area is 247 Å². The van der Waals surface area contributed by atoms with Gasteiger partial charge in [0, 0.05) is 30.5 Å². The number of allylic oxidation sites excluding steroid dienone is 1. The monoisotopic (exact) mass is 629 g/mol. The molecule has 4 aliphatic rings. The van der Waals surface area contributed by atoms with Crippen LogP contribution >= 0.6 is 15.9 Å². The molecule has 0 radical (unpaired) electrons. The molecule has 4 heterocycles. The van der Waals surface area contributed by atoms with E-state index in [1.165, 1.54) is 4.90 Å². The molecule has 0 saturated carbocycles. The van der Waals surface area contributed by atoms with Gasteiger partial charge in [0.1, 0.15) is 24.4 Å². The van der Waals surface area contributed by atoms with Gasteiger partial charge in [-0.2, -0.15) is 0 Å².